The maximum atomic E-state index is 12.3. The third kappa shape index (κ3) is 6.99. The smallest absolute Gasteiger partial charge is 0.425 e. The summed E-state index contributed by atoms with van der Waals surface area (Å²) in [5.74, 6) is -3.98. The van der Waals surface area contributed by atoms with E-state index in [2.05, 4.69) is 4.72 Å². The Morgan fingerprint density at radius 2 is 1.64 bits per heavy atom. The van der Waals surface area contributed by atoms with Gasteiger partial charge in [0.2, 0.25) is 10.0 Å². The number of anilines is 1. The molecule has 0 unspecified atom stereocenters. The number of carbonyl (C=O) groups excluding carboxylic acids is 2. The predicted octanol–water partition coefficient (Wildman–Crippen LogP) is 1.67. The molecule has 0 fully saturated rings. The number of sulfonamides is 1. The molecular weight excluding hydrogens is 365 g/mol. The minimum atomic E-state index is -5.12. The molecule has 0 aliphatic heterocycles. The highest BCUT2D eigenvalue weighted by Gasteiger charge is 2.41. The fourth-order valence-electron chi connectivity index (χ4n) is 1.71. The summed E-state index contributed by atoms with van der Waals surface area (Å²) in [5, 5.41) is 1.59. The molecule has 1 aromatic rings. The molecule has 1 atom stereocenters. The SMILES string of the molecule is CC(C)[C@H](NC(=O)C(F)(F)F)C(=O)Oc1ccc(NS(C)(=O)=O)cc1. The molecule has 0 aliphatic carbocycles. The standard InChI is InChI=1S/C14H17F3N2O5S/c1-8(2)11(18-13(21)14(15,16)17)12(20)24-10-6-4-9(5-7-10)19-25(3,22)23/h4-8,11,19H,1-3H3,(H,18,21)/t11-/m0/s1. The van der Waals surface area contributed by atoms with Crippen LogP contribution in [-0.4, -0.2) is 38.8 Å². The molecule has 7 nitrogen and oxygen atoms in total. The average molecular weight is 382 g/mol. The van der Waals surface area contributed by atoms with Gasteiger partial charge in [-0.3, -0.25) is 9.52 Å². The van der Waals surface area contributed by atoms with Crippen LogP contribution in [0.3, 0.4) is 0 Å². The predicted molar refractivity (Wildman–Crippen MR) is 83.4 cm³/mol. The van der Waals surface area contributed by atoms with Crippen molar-refractivity contribution in [3.8, 4) is 5.75 Å². The lowest BCUT2D eigenvalue weighted by molar-refractivity contribution is -0.175. The van der Waals surface area contributed by atoms with Gasteiger partial charge in [-0.15, -0.1) is 0 Å². The van der Waals surface area contributed by atoms with Crippen molar-refractivity contribution in [2.24, 2.45) is 5.92 Å². The minimum absolute atomic E-state index is 0.0176. The maximum Gasteiger partial charge on any atom is 0.471 e. The van der Waals surface area contributed by atoms with Crippen molar-refractivity contribution < 1.29 is 35.9 Å². The number of benzene rings is 1. The Morgan fingerprint density at radius 1 is 1.12 bits per heavy atom. The quantitative estimate of drug-likeness (QED) is 0.576. The number of hydrogen-bond donors (Lipinski definition) is 2. The molecule has 25 heavy (non-hydrogen) atoms. The number of esters is 1. The van der Waals surface area contributed by atoms with Gasteiger partial charge in [0.05, 0.1) is 6.26 Å². The minimum Gasteiger partial charge on any atom is -0.425 e. The van der Waals surface area contributed by atoms with Crippen molar-refractivity contribution in [1.82, 2.24) is 5.32 Å². The Bertz CT molecular complexity index is 730. The lowest BCUT2D eigenvalue weighted by Crippen LogP contribution is -2.50. The Balaban J connectivity index is 2.82. The zero-order chi connectivity index (χ0) is 19.4. The van der Waals surface area contributed by atoms with Gasteiger partial charge in [-0.25, -0.2) is 13.2 Å². The van der Waals surface area contributed by atoms with E-state index < -0.39 is 40.0 Å². The molecule has 0 radical (unpaired) electrons. The van der Waals surface area contributed by atoms with E-state index in [1.165, 1.54) is 38.1 Å². The van der Waals surface area contributed by atoms with Crippen molar-refractivity contribution >= 4 is 27.6 Å². The zero-order valence-corrected chi connectivity index (χ0v) is 14.4. The molecule has 0 saturated carbocycles. The van der Waals surface area contributed by atoms with Crippen molar-refractivity contribution in [1.29, 1.82) is 0 Å². The molecule has 140 valence electrons. The van der Waals surface area contributed by atoms with Crippen molar-refractivity contribution in [2.75, 3.05) is 11.0 Å². The van der Waals surface area contributed by atoms with E-state index in [9.17, 15) is 31.2 Å². The Kier molecular flexibility index (Phi) is 6.41. The second-order valence-corrected chi connectivity index (χ2v) is 7.26. The number of amides is 1. The molecule has 0 bridgehead atoms. The van der Waals surface area contributed by atoms with Crippen LogP contribution in [0.5, 0.6) is 5.75 Å². The van der Waals surface area contributed by atoms with Gasteiger partial charge in [0.1, 0.15) is 11.8 Å². The van der Waals surface area contributed by atoms with Crippen molar-refractivity contribution in [3.05, 3.63) is 24.3 Å². The summed E-state index contributed by atoms with van der Waals surface area (Å²) < 4.78 is 66.3. The van der Waals surface area contributed by atoms with E-state index in [1.54, 1.807) is 5.32 Å². The average Bonchev–Trinajstić information content (AvgIpc) is 2.43. The highest BCUT2D eigenvalue weighted by Crippen LogP contribution is 2.19. The van der Waals surface area contributed by atoms with E-state index in [1.807, 2.05) is 0 Å². The van der Waals surface area contributed by atoms with E-state index in [4.69, 9.17) is 4.74 Å². The topological polar surface area (TPSA) is 102 Å². The van der Waals surface area contributed by atoms with E-state index in [-0.39, 0.29) is 11.4 Å². The first-order chi connectivity index (χ1) is 11.3. The van der Waals surface area contributed by atoms with E-state index in [0.29, 0.717) is 0 Å². The van der Waals surface area contributed by atoms with E-state index >= 15 is 0 Å². The lowest BCUT2D eigenvalue weighted by Gasteiger charge is -2.21. The summed E-state index contributed by atoms with van der Waals surface area (Å²) in [5.41, 5.74) is 0.216. The summed E-state index contributed by atoms with van der Waals surface area (Å²) in [7, 11) is -3.48. The van der Waals surface area contributed by atoms with Crippen LogP contribution in [0.15, 0.2) is 24.3 Å². The summed E-state index contributed by atoms with van der Waals surface area (Å²) in [6.45, 7) is 2.89. The van der Waals surface area contributed by atoms with Gasteiger partial charge >= 0.3 is 18.1 Å². The van der Waals surface area contributed by atoms with E-state index in [0.717, 1.165) is 6.26 Å². The second kappa shape index (κ2) is 7.72. The fourth-order valence-corrected chi connectivity index (χ4v) is 2.27. The Hall–Kier alpha value is -2.30. The molecular formula is C14H17F3N2O5S. The molecule has 1 amide bonds. The number of hydrogen-bond acceptors (Lipinski definition) is 5. The zero-order valence-electron chi connectivity index (χ0n) is 13.5. The van der Waals surface area contributed by atoms with Gasteiger partial charge in [0, 0.05) is 5.69 Å². The number of nitrogens with one attached hydrogen (secondary N) is 2. The first-order valence-corrected chi connectivity index (χ1v) is 8.86. The third-order valence-electron chi connectivity index (χ3n) is 2.84. The molecule has 0 aliphatic rings. The lowest BCUT2D eigenvalue weighted by atomic mass is 10.0. The highest BCUT2D eigenvalue weighted by atomic mass is 32.2. The van der Waals surface area contributed by atoms with Crippen molar-refractivity contribution in [2.45, 2.75) is 26.1 Å². The maximum absolute atomic E-state index is 12.3. The van der Waals surface area contributed by atoms with Crippen LogP contribution in [-0.2, 0) is 19.6 Å². The second-order valence-electron chi connectivity index (χ2n) is 5.51. The highest BCUT2D eigenvalue weighted by molar-refractivity contribution is 7.92. The molecule has 1 rings (SSSR count). The van der Waals surface area contributed by atoms with Crippen LogP contribution in [0, 0.1) is 5.92 Å². The van der Waals surface area contributed by atoms with Gasteiger partial charge < -0.3 is 10.1 Å². The largest absolute Gasteiger partial charge is 0.471 e. The van der Waals surface area contributed by atoms with Crippen LogP contribution < -0.4 is 14.8 Å². The number of ether oxygens (including phenoxy) is 1. The number of rotatable bonds is 6. The number of carbonyl (C=O) groups is 2. The molecule has 2 N–H and O–H groups in total. The van der Waals surface area contributed by atoms with Gasteiger partial charge in [-0.2, -0.15) is 13.2 Å². The first kappa shape index (κ1) is 20.7. The molecule has 0 spiro atoms. The summed E-state index contributed by atoms with van der Waals surface area (Å²) in [4.78, 5) is 23.0. The van der Waals surface area contributed by atoms with Crippen LogP contribution in [0.4, 0.5) is 18.9 Å². The molecule has 0 saturated heterocycles. The first-order valence-electron chi connectivity index (χ1n) is 6.97. The summed E-state index contributed by atoms with van der Waals surface area (Å²) >= 11 is 0. The Labute approximate surface area is 142 Å². The summed E-state index contributed by atoms with van der Waals surface area (Å²) in [6, 6.07) is 3.64. The molecule has 0 aromatic heterocycles. The van der Waals surface area contributed by atoms with Crippen LogP contribution >= 0.6 is 0 Å². The summed E-state index contributed by atoms with van der Waals surface area (Å²) in [6.07, 6.45) is -4.16. The molecule has 11 heteroatoms. The third-order valence-corrected chi connectivity index (χ3v) is 3.45. The monoisotopic (exact) mass is 382 g/mol. The van der Waals surface area contributed by atoms with Crippen LogP contribution in [0.1, 0.15) is 13.8 Å². The van der Waals surface area contributed by atoms with Gasteiger partial charge in [-0.1, -0.05) is 13.8 Å². The molecule has 0 heterocycles. The molecule has 1 aromatic carbocycles. The number of alkyl halides is 3. The van der Waals surface area contributed by atoms with Gasteiger partial charge in [0.15, 0.2) is 0 Å². The normalized spacial score (nSPS) is 13.2. The number of halogens is 3. The Morgan fingerprint density at radius 3 is 2.04 bits per heavy atom. The fraction of sp³-hybridized carbons (Fsp3) is 0.429. The van der Waals surface area contributed by atoms with Gasteiger partial charge in [0.25, 0.3) is 0 Å². The van der Waals surface area contributed by atoms with Crippen LogP contribution in [0.2, 0.25) is 0 Å². The van der Waals surface area contributed by atoms with Crippen molar-refractivity contribution in [3.63, 3.8) is 0 Å². The van der Waals surface area contributed by atoms with Crippen LogP contribution in [0.25, 0.3) is 0 Å². The van der Waals surface area contributed by atoms with Gasteiger partial charge in [-0.05, 0) is 30.2 Å².